The number of hydrogen-bond acceptors (Lipinski definition) is 4. The van der Waals surface area contributed by atoms with E-state index in [9.17, 15) is 4.79 Å². The highest BCUT2D eigenvalue weighted by molar-refractivity contribution is 8.00. The Morgan fingerprint density at radius 2 is 2.57 bits per heavy atom. The lowest BCUT2D eigenvalue weighted by atomic mass is 10.1. The summed E-state index contributed by atoms with van der Waals surface area (Å²) in [5.74, 6) is 1.24. The number of nitrogen functional groups attached to an aromatic ring is 1. The predicted molar refractivity (Wildman–Crippen MR) is 58.5 cm³/mol. The van der Waals surface area contributed by atoms with Crippen molar-refractivity contribution in [3.8, 4) is 0 Å². The van der Waals surface area contributed by atoms with Crippen LogP contribution in [0.1, 0.15) is 18.5 Å². The Balaban J connectivity index is 2.09. The summed E-state index contributed by atoms with van der Waals surface area (Å²) in [4.78, 5) is 11.0. The fourth-order valence-electron chi connectivity index (χ4n) is 1.61. The number of nitrogens with zero attached hydrogens (tertiary/aromatic N) is 1. The lowest BCUT2D eigenvalue weighted by Gasteiger charge is -2.06. The number of thioether (sulfide) groups is 1. The van der Waals surface area contributed by atoms with Gasteiger partial charge in [0.15, 0.2) is 0 Å². The first-order valence-corrected chi connectivity index (χ1v) is 5.76. The second-order valence-electron chi connectivity index (χ2n) is 3.48. The smallest absolute Gasteiger partial charge is 0.287 e. The molecule has 1 atom stereocenters. The molecule has 0 bridgehead atoms. The van der Waals surface area contributed by atoms with Gasteiger partial charge in [0, 0.05) is 11.7 Å². The summed E-state index contributed by atoms with van der Waals surface area (Å²) >= 11 is 1.97. The van der Waals surface area contributed by atoms with Crippen molar-refractivity contribution in [2.75, 3.05) is 11.5 Å². The third-order valence-electron chi connectivity index (χ3n) is 2.35. The summed E-state index contributed by atoms with van der Waals surface area (Å²) in [6.45, 7) is 0. The number of H-pyrrole nitrogens is 1. The molecule has 0 saturated carbocycles. The number of aromatic amines is 1. The molecule has 14 heavy (non-hydrogen) atoms. The first-order chi connectivity index (χ1) is 6.75. The first kappa shape index (κ1) is 9.58. The SMILES string of the molecule is Nc1cc(CC2CCCS2)n[nH]c1=O. The Morgan fingerprint density at radius 3 is 3.21 bits per heavy atom. The molecule has 4 nitrogen and oxygen atoms in total. The Morgan fingerprint density at radius 1 is 1.71 bits per heavy atom. The molecule has 1 aromatic rings. The highest BCUT2D eigenvalue weighted by atomic mass is 32.2. The molecule has 1 aromatic heterocycles. The van der Waals surface area contributed by atoms with Crippen LogP contribution in [0.5, 0.6) is 0 Å². The van der Waals surface area contributed by atoms with Crippen LogP contribution in [-0.4, -0.2) is 21.2 Å². The van der Waals surface area contributed by atoms with Crippen LogP contribution in [-0.2, 0) is 6.42 Å². The third kappa shape index (κ3) is 2.09. The fourth-order valence-corrected chi connectivity index (χ4v) is 2.90. The maximum absolute atomic E-state index is 11.0. The molecule has 3 N–H and O–H groups in total. The minimum Gasteiger partial charge on any atom is -0.394 e. The molecule has 5 heteroatoms. The number of rotatable bonds is 2. The van der Waals surface area contributed by atoms with E-state index in [0.717, 1.165) is 12.1 Å². The van der Waals surface area contributed by atoms with Crippen LogP contribution in [0.15, 0.2) is 10.9 Å². The Kier molecular flexibility index (Phi) is 2.77. The fraction of sp³-hybridized carbons (Fsp3) is 0.556. The normalized spacial score (nSPS) is 21.3. The van der Waals surface area contributed by atoms with Crippen LogP contribution >= 0.6 is 11.8 Å². The Hall–Kier alpha value is -0.970. The van der Waals surface area contributed by atoms with Gasteiger partial charge in [-0.2, -0.15) is 16.9 Å². The second-order valence-corrected chi connectivity index (χ2v) is 4.89. The van der Waals surface area contributed by atoms with Crippen molar-refractivity contribution < 1.29 is 0 Å². The van der Waals surface area contributed by atoms with Crippen molar-refractivity contribution in [1.29, 1.82) is 0 Å². The summed E-state index contributed by atoms with van der Waals surface area (Å²) < 4.78 is 0. The molecule has 1 aliphatic rings. The molecule has 0 amide bonds. The van der Waals surface area contributed by atoms with E-state index in [1.54, 1.807) is 6.07 Å². The van der Waals surface area contributed by atoms with E-state index in [-0.39, 0.29) is 11.2 Å². The number of aromatic nitrogens is 2. The largest absolute Gasteiger partial charge is 0.394 e. The van der Waals surface area contributed by atoms with E-state index in [1.165, 1.54) is 18.6 Å². The predicted octanol–water partition coefficient (Wildman–Crippen LogP) is 0.790. The minimum absolute atomic E-state index is 0.262. The van der Waals surface area contributed by atoms with Crippen molar-refractivity contribution in [3.05, 3.63) is 22.1 Å². The molecule has 2 heterocycles. The van der Waals surface area contributed by atoms with Gasteiger partial charge in [0.2, 0.25) is 0 Å². The molecule has 0 spiro atoms. The third-order valence-corrected chi connectivity index (χ3v) is 3.74. The monoisotopic (exact) mass is 211 g/mol. The maximum Gasteiger partial charge on any atom is 0.287 e. The van der Waals surface area contributed by atoms with E-state index in [2.05, 4.69) is 10.2 Å². The lowest BCUT2D eigenvalue weighted by molar-refractivity contribution is 0.749. The molecule has 1 aliphatic heterocycles. The molecule has 2 rings (SSSR count). The summed E-state index contributed by atoms with van der Waals surface area (Å²) in [7, 11) is 0. The average molecular weight is 211 g/mol. The summed E-state index contributed by atoms with van der Waals surface area (Å²) in [5.41, 5.74) is 6.36. The molecule has 0 radical (unpaired) electrons. The van der Waals surface area contributed by atoms with E-state index >= 15 is 0 Å². The Bertz CT molecular complexity index is 371. The number of nitrogens with two attached hydrogens (primary N) is 1. The molecular weight excluding hydrogens is 198 g/mol. The van der Waals surface area contributed by atoms with Gasteiger partial charge in [-0.1, -0.05) is 0 Å². The molecule has 0 aliphatic carbocycles. The van der Waals surface area contributed by atoms with Crippen LogP contribution in [0, 0.1) is 0 Å². The molecule has 1 saturated heterocycles. The summed E-state index contributed by atoms with van der Waals surface area (Å²) in [6.07, 6.45) is 3.44. The average Bonchev–Trinajstić information content (AvgIpc) is 2.64. The second kappa shape index (κ2) is 4.04. The van der Waals surface area contributed by atoms with Gasteiger partial charge < -0.3 is 5.73 Å². The summed E-state index contributed by atoms with van der Waals surface area (Å²) in [5, 5.41) is 7.02. The van der Waals surface area contributed by atoms with Gasteiger partial charge in [-0.15, -0.1) is 0 Å². The van der Waals surface area contributed by atoms with E-state index in [1.807, 2.05) is 11.8 Å². The van der Waals surface area contributed by atoms with Gasteiger partial charge in [-0.25, -0.2) is 5.10 Å². The van der Waals surface area contributed by atoms with Crippen LogP contribution in [0.3, 0.4) is 0 Å². The van der Waals surface area contributed by atoms with E-state index in [0.29, 0.717) is 5.25 Å². The molecule has 1 unspecified atom stereocenters. The molecular formula is C9H13N3OS. The highest BCUT2D eigenvalue weighted by Crippen LogP contribution is 2.28. The van der Waals surface area contributed by atoms with Crippen molar-refractivity contribution in [3.63, 3.8) is 0 Å². The standard InChI is InChI=1S/C9H13N3OS/c10-8-5-6(11-12-9(8)13)4-7-2-1-3-14-7/h5,7H,1-4H2,(H2,10,11)(H,12,13). The van der Waals surface area contributed by atoms with Gasteiger partial charge >= 0.3 is 0 Å². The van der Waals surface area contributed by atoms with E-state index < -0.39 is 0 Å². The van der Waals surface area contributed by atoms with Crippen LogP contribution in [0.25, 0.3) is 0 Å². The lowest BCUT2D eigenvalue weighted by Crippen LogP contribution is -2.16. The minimum atomic E-state index is -0.298. The molecule has 76 valence electrons. The van der Waals surface area contributed by atoms with Crippen LogP contribution in [0.4, 0.5) is 5.69 Å². The Labute approximate surface area is 86.3 Å². The van der Waals surface area contributed by atoms with Crippen molar-refractivity contribution in [2.24, 2.45) is 0 Å². The van der Waals surface area contributed by atoms with Crippen molar-refractivity contribution >= 4 is 17.4 Å². The number of nitrogens with one attached hydrogen (secondary N) is 1. The molecule has 1 fully saturated rings. The van der Waals surface area contributed by atoms with Gasteiger partial charge in [0.25, 0.3) is 5.56 Å². The highest BCUT2D eigenvalue weighted by Gasteiger charge is 2.16. The quantitative estimate of drug-likeness (QED) is 0.758. The number of hydrogen-bond donors (Lipinski definition) is 2. The van der Waals surface area contributed by atoms with E-state index in [4.69, 9.17) is 5.73 Å². The first-order valence-electron chi connectivity index (χ1n) is 4.71. The zero-order chi connectivity index (χ0) is 9.97. The van der Waals surface area contributed by atoms with Gasteiger partial charge in [-0.05, 0) is 24.7 Å². The van der Waals surface area contributed by atoms with Gasteiger partial charge in [-0.3, -0.25) is 4.79 Å². The molecule has 0 aromatic carbocycles. The zero-order valence-electron chi connectivity index (χ0n) is 7.82. The van der Waals surface area contributed by atoms with Crippen molar-refractivity contribution in [2.45, 2.75) is 24.5 Å². The summed E-state index contributed by atoms with van der Waals surface area (Å²) in [6, 6.07) is 1.68. The zero-order valence-corrected chi connectivity index (χ0v) is 8.64. The maximum atomic E-state index is 11.0. The van der Waals surface area contributed by atoms with Gasteiger partial charge in [0.1, 0.15) is 5.69 Å². The topological polar surface area (TPSA) is 71.8 Å². The van der Waals surface area contributed by atoms with Crippen molar-refractivity contribution in [1.82, 2.24) is 10.2 Å². The van der Waals surface area contributed by atoms with Gasteiger partial charge in [0.05, 0.1) is 5.69 Å². The van der Waals surface area contributed by atoms with Crippen LogP contribution < -0.4 is 11.3 Å². The van der Waals surface area contributed by atoms with Crippen LogP contribution in [0.2, 0.25) is 0 Å². The number of anilines is 1.